The van der Waals surface area contributed by atoms with E-state index in [4.69, 9.17) is 0 Å². The number of hydrogen-bond acceptors (Lipinski definition) is 4. The molecule has 6 heteroatoms. The van der Waals surface area contributed by atoms with Crippen LogP contribution in [0, 0.1) is 0 Å². The van der Waals surface area contributed by atoms with Gasteiger partial charge in [0.1, 0.15) is 6.04 Å². The Labute approximate surface area is 213 Å². The third-order valence-corrected chi connectivity index (χ3v) is 8.81. The Kier molecular flexibility index (Phi) is 7.02. The molecule has 2 N–H and O–H groups in total. The van der Waals surface area contributed by atoms with Crippen LogP contribution in [0.25, 0.3) is 0 Å². The number of carbonyl (C=O) groups excluding carboxylic acids is 2. The number of carbonyl (C=O) groups is 2. The lowest BCUT2D eigenvalue weighted by Crippen LogP contribution is -2.70. The van der Waals surface area contributed by atoms with Gasteiger partial charge < -0.3 is 10.6 Å². The summed E-state index contributed by atoms with van der Waals surface area (Å²) in [5.74, 6) is 0.400. The van der Waals surface area contributed by atoms with Gasteiger partial charge in [-0.1, -0.05) is 97.1 Å². The van der Waals surface area contributed by atoms with E-state index in [1.54, 1.807) is 23.1 Å². The molecule has 1 aliphatic heterocycles. The van der Waals surface area contributed by atoms with E-state index in [1.807, 2.05) is 35.7 Å². The molecule has 176 valence electrons. The highest BCUT2D eigenvalue weighted by Crippen LogP contribution is 2.48. The molecule has 2 heterocycles. The highest BCUT2D eigenvalue weighted by molar-refractivity contribution is 8.00. The summed E-state index contributed by atoms with van der Waals surface area (Å²) < 4.78 is -0.463. The number of hydrogen-bond donors (Lipinski definition) is 2. The molecule has 2 amide bonds. The minimum atomic E-state index is -0.519. The molecule has 0 radical (unpaired) electrons. The van der Waals surface area contributed by atoms with Crippen molar-refractivity contribution >= 4 is 34.9 Å². The van der Waals surface area contributed by atoms with E-state index >= 15 is 0 Å². The molecule has 2 unspecified atom stereocenters. The molecule has 5 rings (SSSR count). The van der Waals surface area contributed by atoms with Crippen LogP contribution in [-0.4, -0.2) is 29.7 Å². The highest BCUT2D eigenvalue weighted by atomic mass is 32.2. The van der Waals surface area contributed by atoms with Crippen LogP contribution < -0.4 is 10.6 Å². The van der Waals surface area contributed by atoms with Crippen LogP contribution in [0.1, 0.15) is 21.6 Å². The number of benzene rings is 3. The molecule has 0 spiro atoms. The van der Waals surface area contributed by atoms with Gasteiger partial charge in [0.15, 0.2) is 0 Å². The lowest BCUT2D eigenvalue weighted by molar-refractivity contribution is -0.135. The summed E-state index contributed by atoms with van der Waals surface area (Å²) in [7, 11) is 0. The lowest BCUT2D eigenvalue weighted by Gasteiger charge is -2.41. The van der Waals surface area contributed by atoms with Crippen molar-refractivity contribution in [3.63, 3.8) is 0 Å². The van der Waals surface area contributed by atoms with Crippen LogP contribution in [0.3, 0.4) is 0 Å². The fourth-order valence-electron chi connectivity index (χ4n) is 4.53. The molecule has 3 aromatic carbocycles. The first-order valence-corrected chi connectivity index (χ1v) is 13.5. The first kappa shape index (κ1) is 23.4. The average molecular weight is 499 g/mol. The fraction of sp³-hybridized carbons (Fsp3) is 0.172. The molecule has 1 saturated heterocycles. The third kappa shape index (κ3) is 4.90. The van der Waals surface area contributed by atoms with E-state index in [0.29, 0.717) is 12.2 Å². The Bertz CT molecular complexity index is 1170. The molecule has 1 aliphatic rings. The van der Waals surface area contributed by atoms with Crippen molar-refractivity contribution in [2.24, 2.45) is 0 Å². The van der Waals surface area contributed by atoms with Crippen LogP contribution in [0.15, 0.2) is 109 Å². The molecule has 1 aromatic heterocycles. The maximum absolute atomic E-state index is 12.6. The van der Waals surface area contributed by atoms with Crippen molar-refractivity contribution in [2.45, 2.75) is 23.3 Å². The quantitative estimate of drug-likeness (QED) is 0.252. The summed E-state index contributed by atoms with van der Waals surface area (Å²) >= 11 is 3.33. The zero-order chi connectivity index (χ0) is 24.1. The van der Waals surface area contributed by atoms with Crippen molar-refractivity contribution in [3.8, 4) is 0 Å². The van der Waals surface area contributed by atoms with Crippen molar-refractivity contribution in [1.29, 1.82) is 0 Å². The standard InChI is InChI=1S/C29H26N2O2S2/c32-26(19-24-17-10-18-34-24)31-27-25(30-28(27)33)20-35-29(21-11-4-1-5-12-21,22-13-6-2-7-14-22)23-15-8-3-9-16-23/h1-18,25,27H,19-20H2,(H,30,33)(H,31,32). The monoisotopic (exact) mass is 498 g/mol. The van der Waals surface area contributed by atoms with Gasteiger partial charge in [-0.2, -0.15) is 0 Å². The second-order valence-corrected chi connectivity index (χ2v) is 10.8. The SMILES string of the molecule is O=C(Cc1cccs1)NC1C(=O)NC1CSC(c1ccccc1)(c1ccccc1)c1ccccc1. The number of amides is 2. The van der Waals surface area contributed by atoms with Gasteiger partial charge in [-0.25, -0.2) is 0 Å². The number of β-lactam (4-membered cyclic amide) rings is 1. The summed E-state index contributed by atoms with van der Waals surface area (Å²) in [6, 6.07) is 34.6. The number of thiophene rings is 1. The molecule has 35 heavy (non-hydrogen) atoms. The predicted molar refractivity (Wildman–Crippen MR) is 144 cm³/mol. The Balaban J connectivity index is 1.42. The minimum absolute atomic E-state index is 0.122. The maximum atomic E-state index is 12.6. The maximum Gasteiger partial charge on any atom is 0.245 e. The van der Waals surface area contributed by atoms with Crippen molar-refractivity contribution in [3.05, 3.63) is 130 Å². The third-order valence-electron chi connectivity index (χ3n) is 6.26. The molecule has 1 fully saturated rings. The largest absolute Gasteiger partial charge is 0.348 e. The van der Waals surface area contributed by atoms with Gasteiger partial charge in [0, 0.05) is 10.6 Å². The zero-order valence-electron chi connectivity index (χ0n) is 19.1. The first-order valence-electron chi connectivity index (χ1n) is 11.6. The second-order valence-electron chi connectivity index (χ2n) is 8.51. The van der Waals surface area contributed by atoms with Crippen LogP contribution in [0.2, 0.25) is 0 Å². The van der Waals surface area contributed by atoms with Gasteiger partial charge in [0.25, 0.3) is 0 Å². The normalized spacial score (nSPS) is 17.3. The van der Waals surface area contributed by atoms with Gasteiger partial charge in [0.2, 0.25) is 11.8 Å². The smallest absolute Gasteiger partial charge is 0.245 e. The van der Waals surface area contributed by atoms with E-state index in [9.17, 15) is 9.59 Å². The Morgan fingerprint density at radius 2 is 1.37 bits per heavy atom. The van der Waals surface area contributed by atoms with Gasteiger partial charge in [-0.3, -0.25) is 9.59 Å². The predicted octanol–water partition coefficient (Wildman–Crippen LogP) is 5.00. The van der Waals surface area contributed by atoms with Crippen LogP contribution >= 0.6 is 23.1 Å². The number of thioether (sulfide) groups is 1. The summed E-state index contributed by atoms with van der Waals surface area (Å²) in [6.45, 7) is 0. The molecule has 4 nitrogen and oxygen atoms in total. The summed E-state index contributed by atoms with van der Waals surface area (Å²) in [5.41, 5.74) is 3.52. The zero-order valence-corrected chi connectivity index (χ0v) is 20.7. The molecular formula is C29H26N2O2S2. The Morgan fingerprint density at radius 3 is 1.83 bits per heavy atom. The van der Waals surface area contributed by atoms with Gasteiger partial charge in [-0.05, 0) is 28.1 Å². The van der Waals surface area contributed by atoms with E-state index in [1.165, 1.54) is 16.7 Å². The molecule has 4 aromatic rings. The van der Waals surface area contributed by atoms with E-state index in [-0.39, 0.29) is 17.9 Å². The molecule has 0 bridgehead atoms. The lowest BCUT2D eigenvalue weighted by atomic mass is 9.84. The molecular weight excluding hydrogens is 472 g/mol. The number of nitrogens with one attached hydrogen (secondary N) is 2. The van der Waals surface area contributed by atoms with Crippen LogP contribution in [-0.2, 0) is 20.8 Å². The average Bonchev–Trinajstić information content (AvgIpc) is 3.42. The second kappa shape index (κ2) is 10.5. The Hall–Kier alpha value is -3.35. The van der Waals surface area contributed by atoms with Crippen molar-refractivity contribution in [1.82, 2.24) is 10.6 Å². The van der Waals surface area contributed by atoms with Crippen LogP contribution in [0.4, 0.5) is 0 Å². The van der Waals surface area contributed by atoms with E-state index < -0.39 is 10.8 Å². The minimum Gasteiger partial charge on any atom is -0.348 e. The molecule has 0 saturated carbocycles. The van der Waals surface area contributed by atoms with E-state index in [2.05, 4.69) is 83.4 Å². The molecule has 0 aliphatic carbocycles. The van der Waals surface area contributed by atoms with E-state index in [0.717, 1.165) is 4.88 Å². The highest BCUT2D eigenvalue weighted by Gasteiger charge is 2.44. The number of rotatable bonds is 9. The fourth-order valence-corrected chi connectivity index (χ4v) is 6.84. The van der Waals surface area contributed by atoms with Crippen molar-refractivity contribution < 1.29 is 9.59 Å². The van der Waals surface area contributed by atoms with Gasteiger partial charge in [0.05, 0.1) is 17.2 Å². The summed E-state index contributed by atoms with van der Waals surface area (Å²) in [6.07, 6.45) is 0.295. The molecule has 2 atom stereocenters. The topological polar surface area (TPSA) is 58.2 Å². The van der Waals surface area contributed by atoms with Crippen molar-refractivity contribution in [2.75, 3.05) is 5.75 Å². The summed E-state index contributed by atoms with van der Waals surface area (Å²) in [4.78, 5) is 26.0. The first-order chi connectivity index (χ1) is 17.2. The van der Waals surface area contributed by atoms with Gasteiger partial charge >= 0.3 is 0 Å². The Morgan fingerprint density at radius 1 is 0.829 bits per heavy atom. The van der Waals surface area contributed by atoms with Crippen LogP contribution in [0.5, 0.6) is 0 Å². The van der Waals surface area contributed by atoms with Gasteiger partial charge in [-0.15, -0.1) is 23.1 Å². The summed E-state index contributed by atoms with van der Waals surface area (Å²) in [5, 5.41) is 7.92.